The Bertz CT molecular complexity index is 560. The van der Waals surface area contributed by atoms with Gasteiger partial charge in [0, 0.05) is 23.4 Å². The molecule has 118 valence electrons. The van der Waals surface area contributed by atoms with Gasteiger partial charge in [-0.05, 0) is 56.4 Å². The Morgan fingerprint density at radius 1 is 1.23 bits per heavy atom. The average Bonchev–Trinajstić information content (AvgIpc) is 3.36. The van der Waals surface area contributed by atoms with E-state index >= 15 is 0 Å². The van der Waals surface area contributed by atoms with Crippen molar-refractivity contribution in [3.05, 3.63) is 29.8 Å². The van der Waals surface area contributed by atoms with Crippen LogP contribution in [-0.2, 0) is 4.79 Å². The lowest BCUT2D eigenvalue weighted by Gasteiger charge is -2.06. The van der Waals surface area contributed by atoms with Crippen molar-refractivity contribution in [1.82, 2.24) is 5.43 Å². The van der Waals surface area contributed by atoms with E-state index in [4.69, 9.17) is 0 Å². The third-order valence-corrected chi connectivity index (χ3v) is 3.69. The standard InChI is InChI=1S/C17H23N3O2/c1-3-4-5-16(21)18-15-10-8-14(9-11-15)17(22)20-19-12(2)13-6-7-13/h8-11,13H,3-7H2,1-2H3,(H,18,21)(H,20,22)/b19-12+. The number of hydrogen-bond donors (Lipinski definition) is 2. The highest BCUT2D eigenvalue weighted by molar-refractivity contribution is 5.96. The van der Waals surface area contributed by atoms with Gasteiger partial charge in [0.05, 0.1) is 0 Å². The van der Waals surface area contributed by atoms with Gasteiger partial charge in [-0.3, -0.25) is 9.59 Å². The number of anilines is 1. The Balaban J connectivity index is 1.86. The number of benzene rings is 1. The largest absolute Gasteiger partial charge is 0.326 e. The molecule has 0 heterocycles. The summed E-state index contributed by atoms with van der Waals surface area (Å²) in [5.74, 6) is 0.313. The summed E-state index contributed by atoms with van der Waals surface area (Å²) < 4.78 is 0. The Hall–Kier alpha value is -2.17. The van der Waals surface area contributed by atoms with E-state index in [0.717, 1.165) is 31.4 Å². The van der Waals surface area contributed by atoms with Crippen LogP contribution in [0.15, 0.2) is 29.4 Å². The minimum absolute atomic E-state index is 0.00343. The smallest absolute Gasteiger partial charge is 0.271 e. The number of hydrogen-bond acceptors (Lipinski definition) is 3. The summed E-state index contributed by atoms with van der Waals surface area (Å²) in [5.41, 5.74) is 4.78. The second-order valence-electron chi connectivity index (χ2n) is 5.70. The van der Waals surface area contributed by atoms with Gasteiger partial charge in [-0.2, -0.15) is 5.10 Å². The number of amides is 2. The minimum atomic E-state index is -0.233. The van der Waals surface area contributed by atoms with E-state index in [-0.39, 0.29) is 11.8 Å². The van der Waals surface area contributed by atoms with E-state index in [1.165, 1.54) is 0 Å². The summed E-state index contributed by atoms with van der Waals surface area (Å²) >= 11 is 0. The number of nitrogens with zero attached hydrogens (tertiary/aromatic N) is 1. The van der Waals surface area contributed by atoms with E-state index in [1.807, 2.05) is 13.8 Å². The van der Waals surface area contributed by atoms with Crippen molar-refractivity contribution < 1.29 is 9.59 Å². The van der Waals surface area contributed by atoms with Gasteiger partial charge >= 0.3 is 0 Å². The van der Waals surface area contributed by atoms with Gasteiger partial charge in [0.25, 0.3) is 5.91 Å². The van der Waals surface area contributed by atoms with Crippen LogP contribution in [0.1, 0.15) is 56.3 Å². The zero-order chi connectivity index (χ0) is 15.9. The molecule has 5 heteroatoms. The summed E-state index contributed by atoms with van der Waals surface area (Å²) in [4.78, 5) is 23.6. The monoisotopic (exact) mass is 301 g/mol. The second kappa shape index (κ2) is 7.73. The summed E-state index contributed by atoms with van der Waals surface area (Å²) in [6.45, 7) is 3.99. The molecule has 0 radical (unpaired) electrons. The Kier molecular flexibility index (Phi) is 5.69. The highest BCUT2D eigenvalue weighted by atomic mass is 16.2. The number of hydrazone groups is 1. The van der Waals surface area contributed by atoms with Crippen molar-refractivity contribution in [2.45, 2.75) is 46.0 Å². The van der Waals surface area contributed by atoms with Crippen molar-refractivity contribution >= 4 is 23.2 Å². The second-order valence-corrected chi connectivity index (χ2v) is 5.70. The summed E-state index contributed by atoms with van der Waals surface area (Å²) in [7, 11) is 0. The SMILES string of the molecule is CCCCC(=O)Nc1ccc(C(=O)N/N=C(\C)C2CC2)cc1. The zero-order valence-corrected chi connectivity index (χ0v) is 13.2. The van der Waals surface area contributed by atoms with Crippen molar-refractivity contribution in [3.8, 4) is 0 Å². The number of rotatable bonds is 7. The highest BCUT2D eigenvalue weighted by Gasteiger charge is 2.24. The maximum absolute atomic E-state index is 12.0. The first-order valence-electron chi connectivity index (χ1n) is 7.84. The Morgan fingerprint density at radius 2 is 1.91 bits per heavy atom. The maximum Gasteiger partial charge on any atom is 0.271 e. The topological polar surface area (TPSA) is 70.6 Å². The molecule has 0 bridgehead atoms. The molecule has 2 N–H and O–H groups in total. The van der Waals surface area contributed by atoms with E-state index in [2.05, 4.69) is 15.8 Å². The third kappa shape index (κ3) is 4.98. The number of carbonyl (C=O) groups is 2. The lowest BCUT2D eigenvalue weighted by molar-refractivity contribution is -0.116. The molecular weight excluding hydrogens is 278 g/mol. The van der Waals surface area contributed by atoms with Gasteiger partial charge in [0.2, 0.25) is 5.91 Å². The molecule has 1 aliphatic carbocycles. The summed E-state index contributed by atoms with van der Waals surface area (Å²) in [5, 5.41) is 6.93. The molecule has 0 aliphatic heterocycles. The van der Waals surface area contributed by atoms with Crippen molar-refractivity contribution in [2.75, 3.05) is 5.32 Å². The molecule has 1 aliphatic rings. The number of carbonyl (C=O) groups excluding carboxylic acids is 2. The number of unbranched alkanes of at least 4 members (excludes halogenated alkanes) is 1. The van der Waals surface area contributed by atoms with Crippen LogP contribution in [0.25, 0.3) is 0 Å². The fourth-order valence-corrected chi connectivity index (χ4v) is 2.06. The fourth-order valence-electron chi connectivity index (χ4n) is 2.06. The van der Waals surface area contributed by atoms with Crippen LogP contribution < -0.4 is 10.7 Å². The number of nitrogens with one attached hydrogen (secondary N) is 2. The molecule has 2 amide bonds. The van der Waals surface area contributed by atoms with Gasteiger partial charge < -0.3 is 5.32 Å². The normalized spacial score (nSPS) is 14.5. The lowest BCUT2D eigenvalue weighted by atomic mass is 10.2. The fraction of sp³-hybridized carbons (Fsp3) is 0.471. The summed E-state index contributed by atoms with van der Waals surface area (Å²) in [6, 6.07) is 6.84. The van der Waals surface area contributed by atoms with E-state index in [1.54, 1.807) is 24.3 Å². The molecule has 1 saturated carbocycles. The molecule has 1 aromatic carbocycles. The summed E-state index contributed by atoms with van der Waals surface area (Å²) in [6.07, 6.45) is 4.72. The van der Waals surface area contributed by atoms with Gasteiger partial charge in [-0.1, -0.05) is 13.3 Å². The van der Waals surface area contributed by atoms with Crippen LogP contribution in [0.2, 0.25) is 0 Å². The molecule has 0 aromatic heterocycles. The average molecular weight is 301 g/mol. The van der Waals surface area contributed by atoms with Crippen molar-refractivity contribution in [3.63, 3.8) is 0 Å². The van der Waals surface area contributed by atoms with Crippen LogP contribution in [0.5, 0.6) is 0 Å². The van der Waals surface area contributed by atoms with Gasteiger partial charge in [-0.15, -0.1) is 0 Å². The molecule has 0 atom stereocenters. The van der Waals surface area contributed by atoms with Crippen LogP contribution in [0.4, 0.5) is 5.69 Å². The van der Waals surface area contributed by atoms with Gasteiger partial charge in [0.1, 0.15) is 0 Å². The first-order valence-corrected chi connectivity index (χ1v) is 7.84. The van der Waals surface area contributed by atoms with Crippen LogP contribution in [-0.4, -0.2) is 17.5 Å². The third-order valence-electron chi connectivity index (χ3n) is 3.69. The van der Waals surface area contributed by atoms with E-state index in [0.29, 0.717) is 23.6 Å². The van der Waals surface area contributed by atoms with Crippen LogP contribution in [0.3, 0.4) is 0 Å². The van der Waals surface area contributed by atoms with Crippen molar-refractivity contribution in [1.29, 1.82) is 0 Å². The molecular formula is C17H23N3O2. The van der Waals surface area contributed by atoms with Crippen LogP contribution in [0, 0.1) is 5.92 Å². The van der Waals surface area contributed by atoms with Crippen molar-refractivity contribution in [2.24, 2.45) is 11.0 Å². The highest BCUT2D eigenvalue weighted by Crippen LogP contribution is 2.30. The first-order chi connectivity index (χ1) is 10.6. The van der Waals surface area contributed by atoms with E-state index in [9.17, 15) is 9.59 Å². The molecule has 1 aromatic rings. The first kappa shape index (κ1) is 16.2. The van der Waals surface area contributed by atoms with Gasteiger partial charge in [0.15, 0.2) is 0 Å². The Morgan fingerprint density at radius 3 is 2.50 bits per heavy atom. The maximum atomic E-state index is 12.0. The minimum Gasteiger partial charge on any atom is -0.326 e. The quantitative estimate of drug-likeness (QED) is 0.599. The predicted molar refractivity (Wildman–Crippen MR) is 87.9 cm³/mol. The molecule has 22 heavy (non-hydrogen) atoms. The molecule has 0 unspecified atom stereocenters. The molecule has 2 rings (SSSR count). The molecule has 0 spiro atoms. The molecule has 5 nitrogen and oxygen atoms in total. The Labute approximate surface area is 131 Å². The molecule has 1 fully saturated rings. The molecule has 0 saturated heterocycles. The van der Waals surface area contributed by atoms with Gasteiger partial charge in [-0.25, -0.2) is 5.43 Å². The predicted octanol–water partition coefficient (Wildman–Crippen LogP) is 3.33. The lowest BCUT2D eigenvalue weighted by Crippen LogP contribution is -2.19. The van der Waals surface area contributed by atoms with E-state index < -0.39 is 0 Å². The zero-order valence-electron chi connectivity index (χ0n) is 13.2. The van der Waals surface area contributed by atoms with Crippen LogP contribution >= 0.6 is 0 Å².